The molecule has 0 aliphatic carbocycles. The van der Waals surface area contributed by atoms with E-state index in [-0.39, 0.29) is 24.0 Å². The molecule has 0 fully saturated rings. The number of halogens is 1. The third-order valence-corrected chi connectivity index (χ3v) is 3.74. The van der Waals surface area contributed by atoms with Crippen molar-refractivity contribution in [3.05, 3.63) is 35.0 Å². The predicted octanol–water partition coefficient (Wildman–Crippen LogP) is 2.68. The van der Waals surface area contributed by atoms with E-state index in [0.717, 1.165) is 55.5 Å². The van der Waals surface area contributed by atoms with E-state index in [9.17, 15) is 0 Å². The summed E-state index contributed by atoms with van der Waals surface area (Å²) < 4.78 is 7.32. The van der Waals surface area contributed by atoms with E-state index in [1.807, 2.05) is 24.0 Å². The molecule has 25 heavy (non-hydrogen) atoms. The summed E-state index contributed by atoms with van der Waals surface area (Å²) in [7, 11) is 0. The molecule has 0 radical (unpaired) electrons. The van der Waals surface area contributed by atoms with Gasteiger partial charge in [0.05, 0.1) is 25.0 Å². The fourth-order valence-corrected chi connectivity index (χ4v) is 2.49. The van der Waals surface area contributed by atoms with Crippen molar-refractivity contribution in [2.24, 2.45) is 4.99 Å². The van der Waals surface area contributed by atoms with Gasteiger partial charge < -0.3 is 15.2 Å². The third kappa shape index (κ3) is 6.33. The van der Waals surface area contributed by atoms with Gasteiger partial charge in [-0.2, -0.15) is 5.10 Å². The zero-order valence-electron chi connectivity index (χ0n) is 15.5. The minimum Gasteiger partial charge on any atom is -0.361 e. The highest BCUT2D eigenvalue weighted by atomic mass is 127. The van der Waals surface area contributed by atoms with Crippen LogP contribution >= 0.6 is 24.0 Å². The van der Waals surface area contributed by atoms with Crippen LogP contribution in [0.2, 0.25) is 0 Å². The second-order valence-electron chi connectivity index (χ2n) is 5.64. The van der Waals surface area contributed by atoms with Gasteiger partial charge in [-0.05, 0) is 25.8 Å². The van der Waals surface area contributed by atoms with Crippen LogP contribution in [0.15, 0.2) is 21.9 Å². The van der Waals surface area contributed by atoms with Crippen LogP contribution in [0.1, 0.15) is 43.4 Å². The number of aromatic nitrogens is 3. The second kappa shape index (κ2) is 11.1. The molecule has 7 nitrogen and oxygen atoms in total. The topological polar surface area (TPSA) is 80.3 Å². The number of hydrogen-bond donors (Lipinski definition) is 2. The molecular formula is C17H29IN6O. The van der Waals surface area contributed by atoms with Crippen LogP contribution in [0.3, 0.4) is 0 Å². The summed E-state index contributed by atoms with van der Waals surface area (Å²) in [6.07, 6.45) is 5.59. The molecule has 0 aromatic carbocycles. The summed E-state index contributed by atoms with van der Waals surface area (Å²) in [5, 5.41) is 15.0. The summed E-state index contributed by atoms with van der Waals surface area (Å²) >= 11 is 0. The van der Waals surface area contributed by atoms with Crippen molar-refractivity contribution in [1.29, 1.82) is 0 Å². The van der Waals surface area contributed by atoms with Crippen molar-refractivity contribution >= 4 is 29.9 Å². The Morgan fingerprint density at radius 3 is 2.64 bits per heavy atom. The maximum atomic E-state index is 5.40. The van der Waals surface area contributed by atoms with Gasteiger partial charge in [-0.15, -0.1) is 24.0 Å². The second-order valence-corrected chi connectivity index (χ2v) is 5.64. The molecule has 2 rings (SSSR count). The Balaban J connectivity index is 0.00000312. The molecule has 8 heteroatoms. The monoisotopic (exact) mass is 460 g/mol. The summed E-state index contributed by atoms with van der Waals surface area (Å²) in [5.41, 5.74) is 3.28. The first-order chi connectivity index (χ1) is 11.7. The van der Waals surface area contributed by atoms with Crippen molar-refractivity contribution in [2.45, 2.75) is 53.6 Å². The van der Waals surface area contributed by atoms with Crippen molar-refractivity contribution in [2.75, 3.05) is 13.1 Å². The van der Waals surface area contributed by atoms with E-state index in [0.29, 0.717) is 6.54 Å². The lowest BCUT2D eigenvalue weighted by Crippen LogP contribution is -2.38. The van der Waals surface area contributed by atoms with Gasteiger partial charge in [0.15, 0.2) is 5.96 Å². The molecule has 0 saturated carbocycles. The minimum atomic E-state index is 0. The largest absolute Gasteiger partial charge is 0.361 e. The normalized spacial score (nSPS) is 11.3. The van der Waals surface area contributed by atoms with Crippen LogP contribution in [0.4, 0.5) is 0 Å². The lowest BCUT2D eigenvalue weighted by Gasteiger charge is -2.11. The van der Waals surface area contributed by atoms with Gasteiger partial charge in [-0.25, -0.2) is 4.99 Å². The summed E-state index contributed by atoms with van der Waals surface area (Å²) in [5.74, 6) is 1.73. The van der Waals surface area contributed by atoms with Crippen molar-refractivity contribution in [3.63, 3.8) is 0 Å². The molecule has 2 N–H and O–H groups in total. The third-order valence-electron chi connectivity index (χ3n) is 3.74. The Bertz CT molecular complexity index is 642. The molecule has 0 unspecified atom stereocenters. The van der Waals surface area contributed by atoms with E-state index in [1.165, 1.54) is 5.56 Å². The zero-order valence-corrected chi connectivity index (χ0v) is 17.8. The summed E-state index contributed by atoms with van der Waals surface area (Å²) in [6, 6.07) is 0. The molecule has 0 aliphatic rings. The number of aryl methyl sites for hydroxylation is 3. The van der Waals surface area contributed by atoms with Crippen molar-refractivity contribution < 1.29 is 4.52 Å². The number of hydrogen-bond acceptors (Lipinski definition) is 4. The van der Waals surface area contributed by atoms with Gasteiger partial charge >= 0.3 is 0 Å². The lowest BCUT2D eigenvalue weighted by molar-refractivity contribution is 0.380. The Labute approximate surface area is 166 Å². The Morgan fingerprint density at radius 2 is 2.04 bits per heavy atom. The van der Waals surface area contributed by atoms with Crippen molar-refractivity contribution in [1.82, 2.24) is 25.6 Å². The van der Waals surface area contributed by atoms with E-state index in [4.69, 9.17) is 4.52 Å². The van der Waals surface area contributed by atoms with Crippen LogP contribution in [0.25, 0.3) is 0 Å². The Kier molecular flexibility index (Phi) is 9.54. The average molecular weight is 460 g/mol. The fraction of sp³-hybridized carbons (Fsp3) is 0.588. The molecule has 2 aromatic rings. The van der Waals surface area contributed by atoms with E-state index < -0.39 is 0 Å². The quantitative estimate of drug-likeness (QED) is 0.360. The number of nitrogens with zero attached hydrogens (tertiary/aromatic N) is 4. The van der Waals surface area contributed by atoms with Gasteiger partial charge in [0.25, 0.3) is 0 Å². The van der Waals surface area contributed by atoms with E-state index >= 15 is 0 Å². The zero-order chi connectivity index (χ0) is 17.4. The van der Waals surface area contributed by atoms with Gasteiger partial charge in [-0.3, -0.25) is 4.68 Å². The SMILES string of the molecule is CCNC(=NCc1c(CC)noc1CC)NCCn1cc(C)cn1.I. The Hall–Kier alpha value is -1.58. The maximum Gasteiger partial charge on any atom is 0.191 e. The first-order valence-corrected chi connectivity index (χ1v) is 8.65. The smallest absolute Gasteiger partial charge is 0.191 e. The van der Waals surface area contributed by atoms with Gasteiger partial charge in [-0.1, -0.05) is 19.0 Å². The van der Waals surface area contributed by atoms with Crippen molar-refractivity contribution in [3.8, 4) is 0 Å². The van der Waals surface area contributed by atoms with Crippen LogP contribution in [-0.2, 0) is 25.9 Å². The van der Waals surface area contributed by atoms with E-state index in [2.05, 4.69) is 46.7 Å². The molecule has 0 aliphatic heterocycles. The van der Waals surface area contributed by atoms with Crippen LogP contribution in [-0.4, -0.2) is 34.0 Å². The number of rotatable bonds is 8. The molecule has 0 bridgehead atoms. The summed E-state index contributed by atoms with van der Waals surface area (Å²) in [6.45, 7) is 11.2. The van der Waals surface area contributed by atoms with Gasteiger partial charge in [0.1, 0.15) is 5.76 Å². The highest BCUT2D eigenvalue weighted by molar-refractivity contribution is 14.0. The Morgan fingerprint density at radius 1 is 1.24 bits per heavy atom. The molecule has 0 atom stereocenters. The average Bonchev–Trinajstić information content (AvgIpc) is 3.17. The number of aliphatic imine (C=N–C) groups is 1. The van der Waals surface area contributed by atoms with E-state index in [1.54, 1.807) is 0 Å². The van der Waals surface area contributed by atoms with Crippen LogP contribution in [0.5, 0.6) is 0 Å². The molecule has 0 spiro atoms. The number of guanidine groups is 1. The molecule has 2 heterocycles. The standard InChI is InChI=1S/C17H28N6O.HI/c1-5-15-14(16(6-2)24-22-15)11-20-17(18-7-3)19-8-9-23-12-13(4)10-21-23;/h10,12H,5-9,11H2,1-4H3,(H2,18,19,20);1H. The first-order valence-electron chi connectivity index (χ1n) is 8.65. The molecule has 140 valence electrons. The molecule has 2 aromatic heterocycles. The predicted molar refractivity (Wildman–Crippen MR) is 110 cm³/mol. The summed E-state index contributed by atoms with van der Waals surface area (Å²) in [4.78, 5) is 4.67. The fourth-order valence-electron chi connectivity index (χ4n) is 2.49. The van der Waals surface area contributed by atoms with Gasteiger partial charge in [0.2, 0.25) is 0 Å². The number of nitrogens with one attached hydrogen (secondary N) is 2. The highest BCUT2D eigenvalue weighted by Gasteiger charge is 2.13. The molecule has 0 amide bonds. The molecule has 0 saturated heterocycles. The van der Waals surface area contributed by atoms with Gasteiger partial charge in [0, 0.05) is 31.3 Å². The highest BCUT2D eigenvalue weighted by Crippen LogP contribution is 2.16. The first kappa shape index (κ1) is 21.5. The van der Waals surface area contributed by atoms with Crippen LogP contribution < -0.4 is 10.6 Å². The van der Waals surface area contributed by atoms with Crippen LogP contribution in [0, 0.1) is 6.92 Å². The molecular weight excluding hydrogens is 431 g/mol. The lowest BCUT2D eigenvalue weighted by atomic mass is 10.1. The minimum absolute atomic E-state index is 0. The maximum absolute atomic E-state index is 5.40.